The van der Waals surface area contributed by atoms with E-state index in [1.54, 1.807) is 0 Å². The molecule has 1 aliphatic heterocycles. The Hall–Kier alpha value is -2.10. The molecule has 0 unspecified atom stereocenters. The predicted octanol–water partition coefficient (Wildman–Crippen LogP) is 3.41. The van der Waals surface area contributed by atoms with Gasteiger partial charge in [-0.05, 0) is 25.8 Å². The number of hydrogen-bond acceptors (Lipinski definition) is 4. The van der Waals surface area contributed by atoms with E-state index in [2.05, 4.69) is 41.1 Å². The van der Waals surface area contributed by atoms with Crippen LogP contribution in [0, 0.1) is 6.92 Å². The Kier molecular flexibility index (Phi) is 4.04. The summed E-state index contributed by atoms with van der Waals surface area (Å²) in [6.45, 7) is 4.14. The summed E-state index contributed by atoms with van der Waals surface area (Å²) in [6.07, 6.45) is 5.00. The Bertz CT molecular complexity index is 616. The van der Waals surface area contributed by atoms with E-state index in [1.165, 1.54) is 31.2 Å². The zero-order chi connectivity index (χ0) is 14.7. The lowest BCUT2D eigenvalue weighted by molar-refractivity contribution is 0.726. The largest absolute Gasteiger partial charge is 0.384 e. The molecule has 1 aliphatic rings. The molecule has 2 aromatic rings. The number of aromatic nitrogens is 2. The van der Waals surface area contributed by atoms with Gasteiger partial charge in [0, 0.05) is 24.7 Å². The van der Waals surface area contributed by atoms with Gasteiger partial charge >= 0.3 is 0 Å². The molecule has 1 aromatic carbocycles. The van der Waals surface area contributed by atoms with E-state index in [1.807, 2.05) is 6.07 Å². The van der Waals surface area contributed by atoms with E-state index in [-0.39, 0.29) is 0 Å². The number of hydrogen-bond donors (Lipinski definition) is 1. The average Bonchev–Trinajstić information content (AvgIpc) is 2.76. The van der Waals surface area contributed by atoms with Crippen LogP contribution in [0.1, 0.15) is 31.2 Å². The molecule has 1 fully saturated rings. The topological polar surface area (TPSA) is 55.0 Å². The molecule has 4 nitrogen and oxygen atoms in total. The van der Waals surface area contributed by atoms with E-state index < -0.39 is 0 Å². The van der Waals surface area contributed by atoms with Crippen LogP contribution in [0.25, 0.3) is 11.3 Å². The molecule has 0 saturated carbocycles. The number of rotatable bonds is 2. The van der Waals surface area contributed by atoms with Crippen LogP contribution in [0.3, 0.4) is 0 Å². The summed E-state index contributed by atoms with van der Waals surface area (Å²) in [6, 6.07) is 10.2. The molecule has 1 aromatic heterocycles. The second-order valence-electron chi connectivity index (χ2n) is 5.75. The van der Waals surface area contributed by atoms with Crippen molar-refractivity contribution in [3.63, 3.8) is 0 Å². The van der Waals surface area contributed by atoms with Crippen LogP contribution in [-0.2, 0) is 0 Å². The van der Waals surface area contributed by atoms with Crippen LogP contribution < -0.4 is 10.6 Å². The first-order valence-electron chi connectivity index (χ1n) is 7.69. The van der Waals surface area contributed by atoms with Crippen molar-refractivity contribution in [2.45, 2.75) is 32.6 Å². The summed E-state index contributed by atoms with van der Waals surface area (Å²) in [7, 11) is 0. The standard InChI is InChI=1S/C17H22N4/c1-13-7-6-8-14(11-13)15-12-16(18)20-17(19-15)21-9-4-2-3-5-10-21/h6-8,11-12H,2-5,9-10H2,1H3,(H2,18,19,20). The third-order valence-electron chi connectivity index (χ3n) is 3.94. The molecule has 0 radical (unpaired) electrons. The number of anilines is 2. The number of nitrogen functional groups attached to an aromatic ring is 1. The van der Waals surface area contributed by atoms with E-state index in [0.29, 0.717) is 5.82 Å². The maximum Gasteiger partial charge on any atom is 0.227 e. The number of nitrogens with zero attached hydrogens (tertiary/aromatic N) is 3. The van der Waals surface area contributed by atoms with Crippen molar-refractivity contribution in [2.24, 2.45) is 0 Å². The van der Waals surface area contributed by atoms with Crippen molar-refractivity contribution in [2.75, 3.05) is 23.7 Å². The van der Waals surface area contributed by atoms with E-state index in [4.69, 9.17) is 10.7 Å². The van der Waals surface area contributed by atoms with Gasteiger partial charge in [0.15, 0.2) is 0 Å². The van der Waals surface area contributed by atoms with Gasteiger partial charge in [0.25, 0.3) is 0 Å². The minimum absolute atomic E-state index is 0.542. The fourth-order valence-corrected chi connectivity index (χ4v) is 2.82. The second kappa shape index (κ2) is 6.12. The number of nitrogens with two attached hydrogens (primary N) is 1. The minimum Gasteiger partial charge on any atom is -0.384 e. The van der Waals surface area contributed by atoms with Gasteiger partial charge in [-0.15, -0.1) is 0 Å². The van der Waals surface area contributed by atoms with E-state index in [0.717, 1.165) is 30.3 Å². The zero-order valence-electron chi connectivity index (χ0n) is 12.5. The first-order chi connectivity index (χ1) is 10.2. The SMILES string of the molecule is Cc1cccc(-c2cc(N)nc(N3CCCCCC3)n2)c1. The van der Waals surface area contributed by atoms with Crippen LogP contribution in [0.2, 0.25) is 0 Å². The lowest BCUT2D eigenvalue weighted by Crippen LogP contribution is -2.26. The van der Waals surface area contributed by atoms with Crippen LogP contribution in [-0.4, -0.2) is 23.1 Å². The van der Waals surface area contributed by atoms with Crippen molar-refractivity contribution in [1.82, 2.24) is 9.97 Å². The van der Waals surface area contributed by atoms with Crippen LogP contribution in [0.5, 0.6) is 0 Å². The first-order valence-corrected chi connectivity index (χ1v) is 7.69. The van der Waals surface area contributed by atoms with Crippen molar-refractivity contribution >= 4 is 11.8 Å². The Balaban J connectivity index is 1.95. The highest BCUT2D eigenvalue weighted by Gasteiger charge is 2.14. The van der Waals surface area contributed by atoms with Gasteiger partial charge in [0.05, 0.1) is 5.69 Å². The molecule has 0 spiro atoms. The monoisotopic (exact) mass is 282 g/mol. The molecular formula is C17H22N4. The molecule has 2 N–H and O–H groups in total. The summed E-state index contributed by atoms with van der Waals surface area (Å²) < 4.78 is 0. The highest BCUT2D eigenvalue weighted by molar-refractivity contribution is 5.64. The molecular weight excluding hydrogens is 260 g/mol. The lowest BCUT2D eigenvalue weighted by atomic mass is 10.1. The maximum absolute atomic E-state index is 6.00. The van der Waals surface area contributed by atoms with Gasteiger partial charge in [-0.25, -0.2) is 4.98 Å². The molecule has 0 bridgehead atoms. The first kappa shape index (κ1) is 13.9. The van der Waals surface area contributed by atoms with Crippen molar-refractivity contribution < 1.29 is 0 Å². The van der Waals surface area contributed by atoms with Crippen molar-refractivity contribution in [3.05, 3.63) is 35.9 Å². The van der Waals surface area contributed by atoms with Gasteiger partial charge in [0.2, 0.25) is 5.95 Å². The zero-order valence-corrected chi connectivity index (χ0v) is 12.5. The predicted molar refractivity (Wildman–Crippen MR) is 87.3 cm³/mol. The summed E-state index contributed by atoms with van der Waals surface area (Å²) >= 11 is 0. The Labute approximate surface area is 126 Å². The molecule has 0 aliphatic carbocycles. The average molecular weight is 282 g/mol. The molecule has 4 heteroatoms. The summed E-state index contributed by atoms with van der Waals surface area (Å²) in [5.41, 5.74) is 9.23. The molecule has 2 heterocycles. The number of benzene rings is 1. The molecule has 110 valence electrons. The van der Waals surface area contributed by atoms with Gasteiger partial charge < -0.3 is 10.6 Å². The van der Waals surface area contributed by atoms with Crippen LogP contribution in [0.15, 0.2) is 30.3 Å². The molecule has 0 amide bonds. The van der Waals surface area contributed by atoms with E-state index in [9.17, 15) is 0 Å². The fourth-order valence-electron chi connectivity index (χ4n) is 2.82. The molecule has 21 heavy (non-hydrogen) atoms. The Morgan fingerprint density at radius 3 is 2.48 bits per heavy atom. The maximum atomic E-state index is 6.00. The van der Waals surface area contributed by atoms with Gasteiger partial charge in [-0.3, -0.25) is 0 Å². The Morgan fingerprint density at radius 1 is 1.00 bits per heavy atom. The smallest absolute Gasteiger partial charge is 0.227 e. The van der Waals surface area contributed by atoms with Crippen molar-refractivity contribution in [1.29, 1.82) is 0 Å². The summed E-state index contributed by atoms with van der Waals surface area (Å²) in [4.78, 5) is 11.5. The Morgan fingerprint density at radius 2 is 1.76 bits per heavy atom. The number of aryl methyl sites for hydroxylation is 1. The molecule has 3 rings (SSSR count). The minimum atomic E-state index is 0.542. The van der Waals surface area contributed by atoms with Gasteiger partial charge in [-0.2, -0.15) is 4.98 Å². The highest BCUT2D eigenvalue weighted by Crippen LogP contribution is 2.24. The quantitative estimate of drug-likeness (QED) is 0.917. The molecule has 1 saturated heterocycles. The highest BCUT2D eigenvalue weighted by atomic mass is 15.3. The van der Waals surface area contributed by atoms with Crippen LogP contribution in [0.4, 0.5) is 11.8 Å². The van der Waals surface area contributed by atoms with E-state index >= 15 is 0 Å². The third-order valence-corrected chi connectivity index (χ3v) is 3.94. The van der Waals surface area contributed by atoms with Crippen LogP contribution >= 0.6 is 0 Å². The third kappa shape index (κ3) is 3.32. The van der Waals surface area contributed by atoms with Gasteiger partial charge in [0.1, 0.15) is 5.82 Å². The molecule has 0 atom stereocenters. The fraction of sp³-hybridized carbons (Fsp3) is 0.412. The lowest BCUT2D eigenvalue weighted by Gasteiger charge is -2.21. The van der Waals surface area contributed by atoms with Crippen molar-refractivity contribution in [3.8, 4) is 11.3 Å². The summed E-state index contributed by atoms with van der Waals surface area (Å²) in [5.74, 6) is 1.31. The second-order valence-corrected chi connectivity index (χ2v) is 5.75. The van der Waals surface area contributed by atoms with Gasteiger partial charge in [-0.1, -0.05) is 36.6 Å². The normalized spacial score (nSPS) is 15.8. The summed E-state index contributed by atoms with van der Waals surface area (Å²) in [5, 5.41) is 0.